The molecular formula is C16H33N3O. The number of carbonyl (C=O) groups is 1. The molecule has 0 aromatic heterocycles. The molecule has 1 aliphatic heterocycles. The molecular weight excluding hydrogens is 250 g/mol. The summed E-state index contributed by atoms with van der Waals surface area (Å²) in [6.07, 6.45) is 3.68. The largest absolute Gasteiger partial charge is 0.342 e. The van der Waals surface area contributed by atoms with Crippen molar-refractivity contribution in [1.82, 2.24) is 15.1 Å². The molecule has 1 saturated heterocycles. The lowest BCUT2D eigenvalue weighted by Gasteiger charge is -2.36. The van der Waals surface area contributed by atoms with E-state index in [-0.39, 0.29) is 5.91 Å². The Balaban J connectivity index is 2.42. The van der Waals surface area contributed by atoms with Gasteiger partial charge in [0.25, 0.3) is 0 Å². The quantitative estimate of drug-likeness (QED) is 0.739. The first-order valence-corrected chi connectivity index (χ1v) is 8.35. The van der Waals surface area contributed by atoms with Gasteiger partial charge in [0.1, 0.15) is 0 Å². The molecule has 1 N–H and O–H groups in total. The summed E-state index contributed by atoms with van der Waals surface area (Å²) < 4.78 is 0. The fourth-order valence-electron chi connectivity index (χ4n) is 3.05. The van der Waals surface area contributed by atoms with Crippen LogP contribution in [-0.4, -0.2) is 61.0 Å². The molecule has 0 spiro atoms. The Morgan fingerprint density at radius 2 is 2.05 bits per heavy atom. The number of piperidine rings is 1. The third-order valence-electron chi connectivity index (χ3n) is 4.44. The number of amides is 1. The summed E-state index contributed by atoms with van der Waals surface area (Å²) in [5, 5.41) is 3.60. The van der Waals surface area contributed by atoms with Crippen molar-refractivity contribution in [3.8, 4) is 0 Å². The second-order valence-corrected chi connectivity index (χ2v) is 5.95. The molecule has 1 fully saturated rings. The van der Waals surface area contributed by atoms with Gasteiger partial charge < -0.3 is 10.2 Å². The van der Waals surface area contributed by atoms with Gasteiger partial charge in [-0.2, -0.15) is 0 Å². The Labute approximate surface area is 124 Å². The summed E-state index contributed by atoms with van der Waals surface area (Å²) in [5.41, 5.74) is 0. The van der Waals surface area contributed by atoms with Crippen molar-refractivity contribution in [3.05, 3.63) is 0 Å². The van der Waals surface area contributed by atoms with Crippen LogP contribution in [0.25, 0.3) is 0 Å². The van der Waals surface area contributed by atoms with Crippen molar-refractivity contribution < 1.29 is 4.79 Å². The van der Waals surface area contributed by atoms with E-state index in [1.54, 1.807) is 0 Å². The van der Waals surface area contributed by atoms with E-state index in [2.05, 4.69) is 37.9 Å². The zero-order chi connectivity index (χ0) is 15.0. The van der Waals surface area contributed by atoms with Crippen molar-refractivity contribution in [2.24, 2.45) is 5.92 Å². The van der Waals surface area contributed by atoms with Gasteiger partial charge in [0, 0.05) is 25.7 Å². The highest BCUT2D eigenvalue weighted by Gasteiger charge is 2.26. The molecule has 0 radical (unpaired) electrons. The van der Waals surface area contributed by atoms with Gasteiger partial charge >= 0.3 is 0 Å². The van der Waals surface area contributed by atoms with Crippen molar-refractivity contribution in [3.63, 3.8) is 0 Å². The minimum absolute atomic E-state index is 0.282. The molecule has 2 atom stereocenters. The van der Waals surface area contributed by atoms with Crippen LogP contribution in [0.2, 0.25) is 0 Å². The van der Waals surface area contributed by atoms with Crippen LogP contribution in [0.3, 0.4) is 0 Å². The van der Waals surface area contributed by atoms with E-state index in [0.717, 1.165) is 32.7 Å². The zero-order valence-electron chi connectivity index (χ0n) is 13.8. The Hall–Kier alpha value is -0.610. The Bertz CT molecular complexity index is 279. The lowest BCUT2D eigenvalue weighted by Crippen LogP contribution is -2.48. The zero-order valence-corrected chi connectivity index (χ0v) is 13.8. The minimum atomic E-state index is 0.282. The summed E-state index contributed by atoms with van der Waals surface area (Å²) in [7, 11) is 0. The molecule has 1 aliphatic rings. The summed E-state index contributed by atoms with van der Waals surface area (Å²) >= 11 is 0. The molecule has 20 heavy (non-hydrogen) atoms. The van der Waals surface area contributed by atoms with E-state index in [0.29, 0.717) is 18.5 Å². The second kappa shape index (κ2) is 9.35. The van der Waals surface area contributed by atoms with Crippen LogP contribution in [0, 0.1) is 5.92 Å². The van der Waals surface area contributed by atoms with Crippen LogP contribution < -0.4 is 5.32 Å². The SMILES string of the molecule is CCCNC(C)C1CCCN(CC(=O)N(CC)CC)C1. The van der Waals surface area contributed by atoms with Crippen LogP contribution in [0.5, 0.6) is 0 Å². The molecule has 0 saturated carbocycles. The number of rotatable bonds is 8. The van der Waals surface area contributed by atoms with Gasteiger partial charge in [0.2, 0.25) is 5.91 Å². The average Bonchev–Trinajstić information content (AvgIpc) is 2.46. The van der Waals surface area contributed by atoms with Gasteiger partial charge in [-0.05, 0) is 59.0 Å². The highest BCUT2D eigenvalue weighted by molar-refractivity contribution is 5.78. The lowest BCUT2D eigenvalue weighted by atomic mass is 9.91. The van der Waals surface area contributed by atoms with E-state index >= 15 is 0 Å². The summed E-state index contributed by atoms with van der Waals surface area (Å²) in [5.74, 6) is 0.963. The first-order chi connectivity index (χ1) is 9.62. The van der Waals surface area contributed by atoms with Gasteiger partial charge in [-0.25, -0.2) is 0 Å². The van der Waals surface area contributed by atoms with Gasteiger partial charge in [-0.1, -0.05) is 6.92 Å². The first-order valence-electron chi connectivity index (χ1n) is 8.35. The molecule has 1 heterocycles. The fourth-order valence-corrected chi connectivity index (χ4v) is 3.05. The predicted octanol–water partition coefficient (Wildman–Crippen LogP) is 1.95. The molecule has 2 unspecified atom stereocenters. The monoisotopic (exact) mass is 283 g/mol. The van der Waals surface area contributed by atoms with E-state index in [4.69, 9.17) is 0 Å². The van der Waals surface area contributed by atoms with Gasteiger partial charge in [0.15, 0.2) is 0 Å². The van der Waals surface area contributed by atoms with Crippen LogP contribution in [0.1, 0.15) is 47.0 Å². The number of hydrogen-bond acceptors (Lipinski definition) is 3. The Morgan fingerprint density at radius 3 is 2.65 bits per heavy atom. The van der Waals surface area contributed by atoms with Crippen molar-refractivity contribution >= 4 is 5.91 Å². The molecule has 4 heteroatoms. The molecule has 0 aromatic carbocycles. The third kappa shape index (κ3) is 5.41. The molecule has 4 nitrogen and oxygen atoms in total. The number of likely N-dealkylation sites (N-methyl/N-ethyl adjacent to an activating group) is 1. The Kier molecular flexibility index (Phi) is 8.15. The third-order valence-corrected chi connectivity index (χ3v) is 4.44. The van der Waals surface area contributed by atoms with Gasteiger partial charge in [-0.3, -0.25) is 9.69 Å². The first kappa shape index (κ1) is 17.4. The summed E-state index contributed by atoms with van der Waals surface area (Å²) in [6.45, 7) is 14.1. The van der Waals surface area contributed by atoms with Crippen LogP contribution >= 0.6 is 0 Å². The lowest BCUT2D eigenvalue weighted by molar-refractivity contribution is -0.132. The number of likely N-dealkylation sites (tertiary alicyclic amines) is 1. The normalized spacial score (nSPS) is 21.7. The topological polar surface area (TPSA) is 35.6 Å². The Morgan fingerprint density at radius 1 is 1.35 bits per heavy atom. The number of hydrogen-bond donors (Lipinski definition) is 1. The molecule has 1 amide bonds. The second-order valence-electron chi connectivity index (χ2n) is 5.95. The van der Waals surface area contributed by atoms with Crippen molar-refractivity contribution in [2.45, 2.75) is 53.0 Å². The molecule has 1 rings (SSSR count). The average molecular weight is 283 g/mol. The molecule has 118 valence electrons. The van der Waals surface area contributed by atoms with Crippen LogP contribution in [0.4, 0.5) is 0 Å². The smallest absolute Gasteiger partial charge is 0.236 e. The van der Waals surface area contributed by atoms with E-state index in [1.165, 1.54) is 19.3 Å². The maximum absolute atomic E-state index is 12.2. The predicted molar refractivity (Wildman–Crippen MR) is 84.8 cm³/mol. The van der Waals surface area contributed by atoms with Crippen LogP contribution in [0.15, 0.2) is 0 Å². The van der Waals surface area contributed by atoms with E-state index in [9.17, 15) is 4.79 Å². The maximum atomic E-state index is 12.2. The summed E-state index contributed by atoms with van der Waals surface area (Å²) in [4.78, 5) is 16.5. The van der Waals surface area contributed by atoms with Crippen molar-refractivity contribution in [1.29, 1.82) is 0 Å². The number of nitrogens with zero attached hydrogens (tertiary/aromatic N) is 2. The highest BCUT2D eigenvalue weighted by atomic mass is 16.2. The molecule has 0 bridgehead atoms. The van der Waals surface area contributed by atoms with E-state index in [1.807, 2.05) is 4.90 Å². The van der Waals surface area contributed by atoms with Gasteiger partial charge in [0.05, 0.1) is 6.54 Å². The number of nitrogens with one attached hydrogen (secondary N) is 1. The van der Waals surface area contributed by atoms with Crippen LogP contribution in [-0.2, 0) is 4.79 Å². The standard InChI is InChI=1S/C16H33N3O/c1-5-10-17-14(4)15-9-8-11-18(12-15)13-16(20)19(6-2)7-3/h14-15,17H,5-13H2,1-4H3. The minimum Gasteiger partial charge on any atom is -0.342 e. The maximum Gasteiger partial charge on any atom is 0.236 e. The van der Waals surface area contributed by atoms with Crippen molar-refractivity contribution in [2.75, 3.05) is 39.3 Å². The molecule has 0 aliphatic carbocycles. The number of carbonyl (C=O) groups excluding carboxylic acids is 1. The van der Waals surface area contributed by atoms with Gasteiger partial charge in [-0.15, -0.1) is 0 Å². The fraction of sp³-hybridized carbons (Fsp3) is 0.938. The molecule has 0 aromatic rings. The summed E-state index contributed by atoms with van der Waals surface area (Å²) in [6, 6.07) is 0.557. The van der Waals surface area contributed by atoms with E-state index < -0.39 is 0 Å². The highest BCUT2D eigenvalue weighted by Crippen LogP contribution is 2.19.